The number of likely N-dealkylation sites (N-methyl/N-ethyl adjacent to an activating group) is 1. The zero-order valence-corrected chi connectivity index (χ0v) is 21.5. The molecule has 0 radical (unpaired) electrons. The second-order valence-electron chi connectivity index (χ2n) is 9.79. The Kier molecular flexibility index (Phi) is 7.91. The van der Waals surface area contributed by atoms with Crippen LogP contribution < -0.4 is 10.4 Å². The first-order chi connectivity index (χ1) is 17.2. The quantitative estimate of drug-likeness (QED) is 0.286. The van der Waals surface area contributed by atoms with Crippen LogP contribution in [0.3, 0.4) is 0 Å². The van der Waals surface area contributed by atoms with Crippen molar-refractivity contribution in [2.45, 2.75) is 33.6 Å². The van der Waals surface area contributed by atoms with Gasteiger partial charge in [0.05, 0.1) is 0 Å². The van der Waals surface area contributed by atoms with E-state index in [1.807, 2.05) is 39.0 Å². The van der Waals surface area contributed by atoms with Gasteiger partial charge < -0.3 is 19.2 Å². The number of aromatic hydroxyl groups is 1. The molecule has 1 aromatic heterocycles. The number of carbonyl (C=O) groups is 1. The molecule has 2 heterocycles. The molecule has 7 nitrogen and oxygen atoms in total. The van der Waals surface area contributed by atoms with Crippen LogP contribution in [0, 0.1) is 6.92 Å². The number of aryl methyl sites for hydroxylation is 1. The topological polar surface area (TPSA) is 83.2 Å². The van der Waals surface area contributed by atoms with Gasteiger partial charge in [-0.1, -0.05) is 11.6 Å². The molecule has 4 rings (SSSR count). The third kappa shape index (κ3) is 6.04. The van der Waals surface area contributed by atoms with Gasteiger partial charge in [0.15, 0.2) is 5.78 Å². The Morgan fingerprint density at radius 3 is 2.56 bits per heavy atom. The van der Waals surface area contributed by atoms with Crippen LogP contribution in [0.5, 0.6) is 11.5 Å². The maximum atomic E-state index is 13.0. The van der Waals surface area contributed by atoms with Gasteiger partial charge in [0.25, 0.3) is 0 Å². The Labute approximate surface area is 211 Å². The van der Waals surface area contributed by atoms with Crippen molar-refractivity contribution in [1.82, 2.24) is 9.80 Å². The van der Waals surface area contributed by atoms with Crippen LogP contribution in [0.1, 0.15) is 40.9 Å². The molecule has 0 spiro atoms. The van der Waals surface area contributed by atoms with Gasteiger partial charge in [-0.15, -0.1) is 0 Å². The third-order valence-corrected chi connectivity index (χ3v) is 6.65. The fraction of sp³-hybridized carbons (Fsp3) is 0.379. The number of ether oxygens (including phenoxy) is 1. The predicted octanol–water partition coefficient (Wildman–Crippen LogP) is 4.32. The van der Waals surface area contributed by atoms with E-state index in [1.54, 1.807) is 18.2 Å². The average Bonchev–Trinajstić information content (AvgIpc) is 2.85. The van der Waals surface area contributed by atoms with Crippen molar-refractivity contribution in [3.05, 3.63) is 80.7 Å². The summed E-state index contributed by atoms with van der Waals surface area (Å²) in [5.74, 6) is 0.626. The van der Waals surface area contributed by atoms with Gasteiger partial charge in [-0.2, -0.15) is 0 Å². The van der Waals surface area contributed by atoms with Gasteiger partial charge in [-0.05, 0) is 76.2 Å². The van der Waals surface area contributed by atoms with Crippen molar-refractivity contribution in [3.8, 4) is 11.5 Å². The molecule has 1 fully saturated rings. The van der Waals surface area contributed by atoms with Gasteiger partial charge in [0, 0.05) is 54.7 Å². The smallest absolute Gasteiger partial charge is 0.339 e. The predicted molar refractivity (Wildman–Crippen MR) is 141 cm³/mol. The van der Waals surface area contributed by atoms with Crippen molar-refractivity contribution in [1.29, 1.82) is 0 Å². The molecule has 1 N–H and O–H groups in total. The van der Waals surface area contributed by atoms with Gasteiger partial charge in [-0.3, -0.25) is 9.69 Å². The monoisotopic (exact) mass is 490 g/mol. The second-order valence-corrected chi connectivity index (χ2v) is 9.79. The number of Topliss-reactive ketones (excluding diaryl/α,β-unsaturated/α-hetero) is 1. The third-order valence-electron chi connectivity index (χ3n) is 6.65. The number of rotatable bonds is 8. The van der Waals surface area contributed by atoms with Crippen LogP contribution >= 0.6 is 0 Å². The molecule has 0 saturated carbocycles. The Hall–Kier alpha value is -3.42. The molecule has 0 aliphatic carbocycles. The summed E-state index contributed by atoms with van der Waals surface area (Å²) in [6.45, 7) is 10.2. The minimum atomic E-state index is -0.529. The van der Waals surface area contributed by atoms with Crippen LogP contribution in [0.2, 0.25) is 0 Å². The molecule has 1 aliphatic heterocycles. The lowest BCUT2D eigenvalue weighted by atomic mass is 9.99. The Morgan fingerprint density at radius 2 is 1.83 bits per heavy atom. The summed E-state index contributed by atoms with van der Waals surface area (Å²) in [5.41, 5.74) is 3.26. The Balaban J connectivity index is 1.50. The van der Waals surface area contributed by atoms with E-state index in [-0.39, 0.29) is 18.0 Å². The molecule has 0 atom stereocenters. The number of phenolic OH excluding ortho intramolecular Hbond substituents is 1. The average molecular weight is 491 g/mol. The zero-order chi connectivity index (χ0) is 25.8. The van der Waals surface area contributed by atoms with Crippen LogP contribution in [0.25, 0.3) is 11.0 Å². The van der Waals surface area contributed by atoms with E-state index in [1.165, 1.54) is 6.07 Å². The minimum Gasteiger partial charge on any atom is -0.508 e. The number of carbonyl (C=O) groups excluding carboxylic acids is 1. The van der Waals surface area contributed by atoms with Crippen molar-refractivity contribution in [2.75, 3.05) is 40.0 Å². The van der Waals surface area contributed by atoms with Gasteiger partial charge in [-0.25, -0.2) is 4.79 Å². The van der Waals surface area contributed by atoms with Crippen LogP contribution in [0.4, 0.5) is 0 Å². The van der Waals surface area contributed by atoms with Crippen molar-refractivity contribution in [3.63, 3.8) is 0 Å². The van der Waals surface area contributed by atoms with E-state index in [4.69, 9.17) is 9.15 Å². The number of benzene rings is 2. The lowest BCUT2D eigenvalue weighted by Crippen LogP contribution is -2.45. The summed E-state index contributed by atoms with van der Waals surface area (Å²) < 4.78 is 11.7. The fourth-order valence-corrected chi connectivity index (χ4v) is 4.28. The molecule has 1 saturated heterocycles. The van der Waals surface area contributed by atoms with Crippen LogP contribution in [-0.4, -0.2) is 60.6 Å². The van der Waals surface area contributed by atoms with Crippen molar-refractivity contribution >= 4 is 16.8 Å². The highest BCUT2D eigenvalue weighted by atomic mass is 16.5. The fourth-order valence-electron chi connectivity index (χ4n) is 4.28. The number of hydrogen-bond acceptors (Lipinski definition) is 7. The number of allylic oxidation sites excluding steroid dienone is 2. The summed E-state index contributed by atoms with van der Waals surface area (Å²) in [5, 5.41) is 10.9. The van der Waals surface area contributed by atoms with Crippen LogP contribution in [0.15, 0.2) is 57.3 Å². The van der Waals surface area contributed by atoms with E-state index in [0.29, 0.717) is 41.2 Å². The molecule has 7 heteroatoms. The SMILES string of the molecule is CC(C)=CCc1cc(C(=O)Cc2cc3ccc(OCN4CCN(C)CC4)c(C)c3oc2=O)ccc1O. The molecule has 0 amide bonds. The van der Waals surface area contributed by atoms with Crippen molar-refractivity contribution < 1.29 is 19.1 Å². The van der Waals surface area contributed by atoms with E-state index in [9.17, 15) is 14.7 Å². The second kappa shape index (κ2) is 11.1. The summed E-state index contributed by atoms with van der Waals surface area (Å²) in [7, 11) is 2.11. The highest BCUT2D eigenvalue weighted by Crippen LogP contribution is 2.28. The summed E-state index contributed by atoms with van der Waals surface area (Å²) in [4.78, 5) is 30.3. The minimum absolute atomic E-state index is 0.0775. The first kappa shape index (κ1) is 25.7. The van der Waals surface area contributed by atoms with Gasteiger partial charge in [0.1, 0.15) is 23.8 Å². The number of hydrogen-bond donors (Lipinski definition) is 1. The van der Waals surface area contributed by atoms with Crippen molar-refractivity contribution in [2.24, 2.45) is 0 Å². The number of fused-ring (bicyclic) bond motifs is 1. The number of nitrogens with zero attached hydrogens (tertiary/aromatic N) is 2. The highest BCUT2D eigenvalue weighted by molar-refractivity contribution is 5.98. The lowest BCUT2D eigenvalue weighted by Gasteiger charge is -2.32. The maximum Gasteiger partial charge on any atom is 0.339 e. The molecule has 2 aromatic carbocycles. The Morgan fingerprint density at radius 1 is 1.08 bits per heavy atom. The molecule has 0 unspecified atom stereocenters. The Bertz CT molecular complexity index is 1350. The molecule has 190 valence electrons. The standard InChI is InChI=1S/C29H34N2O5/c1-19(2)5-6-21-15-22(7-9-25(21)32)26(33)17-24-16-23-8-10-27(20(3)28(23)36-29(24)34)35-18-31-13-11-30(4)12-14-31/h5,7-10,15-16,32H,6,11-14,17-18H2,1-4H3. The van der Waals surface area contributed by atoms with E-state index in [2.05, 4.69) is 16.8 Å². The zero-order valence-electron chi connectivity index (χ0n) is 21.5. The summed E-state index contributed by atoms with van der Waals surface area (Å²) in [6, 6.07) is 10.3. The largest absolute Gasteiger partial charge is 0.508 e. The number of piperazine rings is 1. The molecular weight excluding hydrogens is 456 g/mol. The number of phenols is 1. The molecule has 36 heavy (non-hydrogen) atoms. The number of ketones is 1. The van der Waals surface area contributed by atoms with E-state index < -0.39 is 5.63 Å². The molecular formula is C29H34N2O5. The van der Waals surface area contributed by atoms with Gasteiger partial charge >= 0.3 is 5.63 Å². The first-order valence-corrected chi connectivity index (χ1v) is 12.3. The summed E-state index contributed by atoms with van der Waals surface area (Å²) >= 11 is 0. The molecule has 1 aliphatic rings. The molecule has 0 bridgehead atoms. The molecule has 3 aromatic rings. The van der Waals surface area contributed by atoms with Crippen LogP contribution in [-0.2, 0) is 12.8 Å². The highest BCUT2D eigenvalue weighted by Gasteiger charge is 2.17. The summed E-state index contributed by atoms with van der Waals surface area (Å²) in [6.07, 6.45) is 2.45. The maximum absolute atomic E-state index is 13.0. The normalized spacial score (nSPS) is 14.7. The van der Waals surface area contributed by atoms with E-state index >= 15 is 0 Å². The van der Waals surface area contributed by atoms with E-state index in [0.717, 1.165) is 42.7 Å². The first-order valence-electron chi connectivity index (χ1n) is 12.3. The lowest BCUT2D eigenvalue weighted by molar-refractivity contribution is 0.0759. The van der Waals surface area contributed by atoms with Gasteiger partial charge in [0.2, 0.25) is 0 Å².